The molecule has 82 valence electrons. The van der Waals surface area contributed by atoms with E-state index >= 15 is 0 Å². The molecular formula is C11H17N3O. The molecule has 0 unspecified atom stereocenters. The standard InChI is InChI=1S/C11H17N3O/c1-2-3-11(15)13-10-6-12-14(8-10)7-9-4-5-9/h6,8-9H,2-5,7H2,1H3,(H,13,15). The molecule has 1 aliphatic rings. The van der Waals surface area contributed by atoms with Crippen molar-refractivity contribution in [3.63, 3.8) is 0 Å². The summed E-state index contributed by atoms with van der Waals surface area (Å²) in [6.45, 7) is 2.99. The van der Waals surface area contributed by atoms with Gasteiger partial charge in [0.1, 0.15) is 0 Å². The average Bonchev–Trinajstić information content (AvgIpc) is 2.88. The fraction of sp³-hybridized carbons (Fsp3) is 0.636. The number of hydrogen-bond acceptors (Lipinski definition) is 2. The largest absolute Gasteiger partial charge is 0.323 e. The van der Waals surface area contributed by atoms with E-state index in [9.17, 15) is 4.79 Å². The van der Waals surface area contributed by atoms with E-state index in [0.717, 1.165) is 24.6 Å². The second kappa shape index (κ2) is 4.47. The Kier molecular flexibility index (Phi) is 3.04. The zero-order chi connectivity index (χ0) is 10.7. The Morgan fingerprint density at radius 1 is 1.67 bits per heavy atom. The maximum absolute atomic E-state index is 11.3. The van der Waals surface area contributed by atoms with Crippen molar-refractivity contribution in [1.82, 2.24) is 9.78 Å². The van der Waals surface area contributed by atoms with Crippen molar-refractivity contribution in [1.29, 1.82) is 0 Å². The minimum absolute atomic E-state index is 0.0727. The molecule has 1 fully saturated rings. The number of nitrogens with one attached hydrogen (secondary N) is 1. The maximum Gasteiger partial charge on any atom is 0.224 e. The van der Waals surface area contributed by atoms with Crippen LogP contribution in [-0.2, 0) is 11.3 Å². The first-order chi connectivity index (χ1) is 7.28. The molecule has 1 heterocycles. The van der Waals surface area contributed by atoms with Gasteiger partial charge < -0.3 is 5.32 Å². The third kappa shape index (κ3) is 3.08. The van der Waals surface area contributed by atoms with Gasteiger partial charge in [-0.25, -0.2) is 0 Å². The predicted molar refractivity (Wildman–Crippen MR) is 58.5 cm³/mol. The second-order valence-corrected chi connectivity index (χ2v) is 4.19. The van der Waals surface area contributed by atoms with Gasteiger partial charge in [0, 0.05) is 19.2 Å². The molecule has 1 saturated carbocycles. The van der Waals surface area contributed by atoms with Crippen molar-refractivity contribution in [2.45, 2.75) is 39.2 Å². The lowest BCUT2D eigenvalue weighted by Crippen LogP contribution is -2.09. The molecule has 0 radical (unpaired) electrons. The summed E-state index contributed by atoms with van der Waals surface area (Å²) in [6.07, 6.45) is 7.71. The zero-order valence-corrected chi connectivity index (χ0v) is 9.07. The number of aromatic nitrogens is 2. The fourth-order valence-electron chi connectivity index (χ4n) is 1.54. The van der Waals surface area contributed by atoms with Gasteiger partial charge >= 0.3 is 0 Å². The molecule has 15 heavy (non-hydrogen) atoms. The molecule has 0 spiro atoms. The van der Waals surface area contributed by atoms with Crippen molar-refractivity contribution < 1.29 is 4.79 Å². The van der Waals surface area contributed by atoms with Crippen LogP contribution in [0.2, 0.25) is 0 Å². The Morgan fingerprint density at radius 3 is 3.13 bits per heavy atom. The lowest BCUT2D eigenvalue weighted by molar-refractivity contribution is -0.116. The Balaban J connectivity index is 1.85. The van der Waals surface area contributed by atoms with Gasteiger partial charge in [-0.15, -0.1) is 0 Å². The quantitative estimate of drug-likeness (QED) is 0.803. The van der Waals surface area contributed by atoms with E-state index < -0.39 is 0 Å². The highest BCUT2D eigenvalue weighted by Crippen LogP contribution is 2.30. The molecule has 1 aromatic heterocycles. The van der Waals surface area contributed by atoms with Gasteiger partial charge in [0.2, 0.25) is 5.91 Å². The summed E-state index contributed by atoms with van der Waals surface area (Å²) in [7, 11) is 0. The van der Waals surface area contributed by atoms with E-state index in [0.29, 0.717) is 6.42 Å². The monoisotopic (exact) mass is 207 g/mol. The lowest BCUT2D eigenvalue weighted by Gasteiger charge is -1.99. The average molecular weight is 207 g/mol. The number of anilines is 1. The lowest BCUT2D eigenvalue weighted by atomic mass is 10.3. The SMILES string of the molecule is CCCC(=O)Nc1cnn(CC2CC2)c1. The highest BCUT2D eigenvalue weighted by atomic mass is 16.1. The summed E-state index contributed by atoms with van der Waals surface area (Å²) < 4.78 is 1.92. The molecule has 1 amide bonds. The van der Waals surface area contributed by atoms with E-state index in [1.165, 1.54) is 12.8 Å². The van der Waals surface area contributed by atoms with Crippen LogP contribution in [0.5, 0.6) is 0 Å². The first-order valence-electron chi connectivity index (χ1n) is 5.60. The van der Waals surface area contributed by atoms with E-state index in [4.69, 9.17) is 0 Å². The molecule has 4 heteroatoms. The molecule has 0 atom stereocenters. The Bertz CT molecular complexity index is 341. The van der Waals surface area contributed by atoms with Gasteiger partial charge in [-0.3, -0.25) is 9.48 Å². The molecule has 1 N–H and O–H groups in total. The highest BCUT2D eigenvalue weighted by molar-refractivity contribution is 5.90. The normalized spacial score (nSPS) is 15.3. The molecular weight excluding hydrogens is 190 g/mol. The number of carbonyl (C=O) groups is 1. The van der Waals surface area contributed by atoms with Gasteiger partial charge in [0.05, 0.1) is 11.9 Å². The summed E-state index contributed by atoms with van der Waals surface area (Å²) in [5.74, 6) is 0.882. The molecule has 0 bridgehead atoms. The molecule has 1 aromatic rings. The van der Waals surface area contributed by atoms with Gasteiger partial charge in [0.15, 0.2) is 0 Å². The van der Waals surface area contributed by atoms with E-state index in [2.05, 4.69) is 10.4 Å². The summed E-state index contributed by atoms with van der Waals surface area (Å²) in [5, 5.41) is 7.05. The van der Waals surface area contributed by atoms with Crippen LogP contribution in [0.1, 0.15) is 32.6 Å². The Labute approximate surface area is 89.7 Å². The molecule has 0 aliphatic heterocycles. The first kappa shape index (κ1) is 10.2. The van der Waals surface area contributed by atoms with E-state index in [1.54, 1.807) is 6.20 Å². The predicted octanol–water partition coefficient (Wildman–Crippen LogP) is 2.03. The van der Waals surface area contributed by atoms with Crippen molar-refractivity contribution in [2.75, 3.05) is 5.32 Å². The Morgan fingerprint density at radius 2 is 2.47 bits per heavy atom. The number of nitrogens with zero attached hydrogens (tertiary/aromatic N) is 2. The van der Waals surface area contributed by atoms with Gasteiger partial charge in [0.25, 0.3) is 0 Å². The number of hydrogen-bond donors (Lipinski definition) is 1. The third-order valence-electron chi connectivity index (χ3n) is 2.54. The zero-order valence-electron chi connectivity index (χ0n) is 9.07. The second-order valence-electron chi connectivity index (χ2n) is 4.19. The van der Waals surface area contributed by atoms with Crippen molar-refractivity contribution >= 4 is 11.6 Å². The van der Waals surface area contributed by atoms with Crippen LogP contribution in [0.25, 0.3) is 0 Å². The Hall–Kier alpha value is -1.32. The van der Waals surface area contributed by atoms with Crippen LogP contribution in [0.4, 0.5) is 5.69 Å². The van der Waals surface area contributed by atoms with Crippen molar-refractivity contribution in [3.05, 3.63) is 12.4 Å². The molecule has 0 saturated heterocycles. The summed E-state index contributed by atoms with van der Waals surface area (Å²) >= 11 is 0. The highest BCUT2D eigenvalue weighted by Gasteiger charge is 2.21. The maximum atomic E-state index is 11.3. The summed E-state index contributed by atoms with van der Waals surface area (Å²) in [6, 6.07) is 0. The van der Waals surface area contributed by atoms with E-state index in [-0.39, 0.29) is 5.91 Å². The topological polar surface area (TPSA) is 46.9 Å². The minimum Gasteiger partial charge on any atom is -0.323 e. The molecule has 4 nitrogen and oxygen atoms in total. The minimum atomic E-state index is 0.0727. The number of carbonyl (C=O) groups excluding carboxylic acids is 1. The third-order valence-corrected chi connectivity index (χ3v) is 2.54. The molecule has 0 aromatic carbocycles. The number of rotatable bonds is 5. The summed E-state index contributed by atoms with van der Waals surface area (Å²) in [4.78, 5) is 11.3. The molecule has 1 aliphatic carbocycles. The smallest absolute Gasteiger partial charge is 0.224 e. The number of amides is 1. The van der Waals surface area contributed by atoms with E-state index in [1.807, 2.05) is 17.8 Å². The van der Waals surface area contributed by atoms with Gasteiger partial charge in [-0.05, 0) is 25.2 Å². The van der Waals surface area contributed by atoms with Crippen molar-refractivity contribution in [3.8, 4) is 0 Å². The van der Waals surface area contributed by atoms with Crippen LogP contribution in [0, 0.1) is 5.92 Å². The summed E-state index contributed by atoms with van der Waals surface area (Å²) in [5.41, 5.74) is 0.814. The van der Waals surface area contributed by atoms with Crippen LogP contribution in [-0.4, -0.2) is 15.7 Å². The fourth-order valence-corrected chi connectivity index (χ4v) is 1.54. The molecule has 2 rings (SSSR count). The van der Waals surface area contributed by atoms with Crippen LogP contribution in [0.15, 0.2) is 12.4 Å². The van der Waals surface area contributed by atoms with Crippen molar-refractivity contribution in [2.24, 2.45) is 5.92 Å². The van der Waals surface area contributed by atoms with Gasteiger partial charge in [-0.2, -0.15) is 5.10 Å². The van der Waals surface area contributed by atoms with Gasteiger partial charge in [-0.1, -0.05) is 6.92 Å². The van der Waals surface area contributed by atoms with Crippen LogP contribution < -0.4 is 5.32 Å². The van der Waals surface area contributed by atoms with Crippen LogP contribution >= 0.6 is 0 Å². The first-order valence-corrected chi connectivity index (χ1v) is 5.60. The van der Waals surface area contributed by atoms with Crippen LogP contribution in [0.3, 0.4) is 0 Å².